The van der Waals surface area contributed by atoms with Crippen molar-refractivity contribution in [2.75, 3.05) is 13.1 Å². The minimum atomic E-state index is -0.630. The van der Waals surface area contributed by atoms with Gasteiger partial charge in [0.15, 0.2) is 5.75 Å². The van der Waals surface area contributed by atoms with Crippen molar-refractivity contribution in [1.29, 1.82) is 0 Å². The predicted molar refractivity (Wildman–Crippen MR) is 56.7 cm³/mol. The molecule has 1 fully saturated rings. The van der Waals surface area contributed by atoms with Crippen LogP contribution >= 0.6 is 0 Å². The first-order valence-electron chi connectivity index (χ1n) is 5.01. The Morgan fingerprint density at radius 1 is 1.56 bits per heavy atom. The lowest BCUT2D eigenvalue weighted by molar-refractivity contribution is -0.385. The van der Waals surface area contributed by atoms with Crippen LogP contribution in [-0.4, -0.2) is 29.2 Å². The van der Waals surface area contributed by atoms with E-state index in [1.165, 1.54) is 18.2 Å². The van der Waals surface area contributed by atoms with Gasteiger partial charge in [0.2, 0.25) is 0 Å². The summed E-state index contributed by atoms with van der Waals surface area (Å²) in [6.45, 7) is 1.64. The fourth-order valence-electron chi connectivity index (χ4n) is 1.64. The van der Waals surface area contributed by atoms with E-state index < -0.39 is 4.92 Å². The molecule has 0 amide bonds. The first kappa shape index (κ1) is 10.7. The fraction of sp³-hybridized carbons (Fsp3) is 0.400. The number of phenolic OH excluding ortho intramolecular Hbond substituents is 1. The van der Waals surface area contributed by atoms with E-state index in [1.54, 1.807) is 0 Å². The average molecular weight is 224 g/mol. The van der Waals surface area contributed by atoms with Crippen molar-refractivity contribution < 1.29 is 14.8 Å². The summed E-state index contributed by atoms with van der Waals surface area (Å²) in [6.07, 6.45) is 0.929. The van der Waals surface area contributed by atoms with E-state index in [0.29, 0.717) is 5.75 Å². The van der Waals surface area contributed by atoms with Gasteiger partial charge in [-0.25, -0.2) is 0 Å². The van der Waals surface area contributed by atoms with Gasteiger partial charge in [-0.05, 0) is 25.1 Å². The summed E-state index contributed by atoms with van der Waals surface area (Å²) in [5, 5.41) is 23.0. The highest BCUT2D eigenvalue weighted by Gasteiger charge is 2.19. The summed E-state index contributed by atoms with van der Waals surface area (Å²) in [5.41, 5.74) is -0.330. The standard InChI is InChI=1S/C10H12N2O4/c13-10-2-1-7(5-9(10)12(14)15)16-8-3-4-11-6-8/h1-2,5,8,11,13H,3-4,6H2. The number of nitrogens with zero attached hydrogens (tertiary/aromatic N) is 1. The Kier molecular flexibility index (Phi) is 2.91. The summed E-state index contributed by atoms with van der Waals surface area (Å²) >= 11 is 0. The monoisotopic (exact) mass is 224 g/mol. The van der Waals surface area contributed by atoms with Crippen LogP contribution in [-0.2, 0) is 0 Å². The quantitative estimate of drug-likeness (QED) is 0.592. The molecular weight excluding hydrogens is 212 g/mol. The van der Waals surface area contributed by atoms with Gasteiger partial charge in [0.05, 0.1) is 11.0 Å². The van der Waals surface area contributed by atoms with Crippen molar-refractivity contribution >= 4 is 5.69 Å². The zero-order valence-electron chi connectivity index (χ0n) is 8.55. The number of hydrogen-bond donors (Lipinski definition) is 2. The van der Waals surface area contributed by atoms with Crippen molar-refractivity contribution in [3.63, 3.8) is 0 Å². The minimum absolute atomic E-state index is 0.0455. The van der Waals surface area contributed by atoms with E-state index in [9.17, 15) is 15.2 Å². The molecule has 16 heavy (non-hydrogen) atoms. The first-order chi connectivity index (χ1) is 7.66. The fourth-order valence-corrected chi connectivity index (χ4v) is 1.64. The van der Waals surface area contributed by atoms with Gasteiger partial charge in [-0.2, -0.15) is 0 Å². The van der Waals surface area contributed by atoms with Gasteiger partial charge in [-0.3, -0.25) is 10.1 Å². The molecule has 6 nitrogen and oxygen atoms in total. The average Bonchev–Trinajstić information content (AvgIpc) is 2.73. The molecule has 1 aromatic rings. The molecule has 0 aliphatic carbocycles. The molecule has 1 heterocycles. The van der Waals surface area contributed by atoms with Crippen LogP contribution in [0.1, 0.15) is 6.42 Å². The maximum atomic E-state index is 10.6. The van der Waals surface area contributed by atoms with E-state index in [-0.39, 0.29) is 17.5 Å². The highest BCUT2D eigenvalue weighted by Crippen LogP contribution is 2.30. The highest BCUT2D eigenvalue weighted by atomic mass is 16.6. The zero-order valence-corrected chi connectivity index (χ0v) is 8.55. The highest BCUT2D eigenvalue weighted by molar-refractivity contribution is 5.49. The third-order valence-electron chi connectivity index (χ3n) is 2.46. The number of phenols is 1. The van der Waals surface area contributed by atoms with E-state index >= 15 is 0 Å². The third-order valence-corrected chi connectivity index (χ3v) is 2.46. The maximum absolute atomic E-state index is 10.6. The second-order valence-corrected chi connectivity index (χ2v) is 3.64. The molecule has 1 aromatic carbocycles. The lowest BCUT2D eigenvalue weighted by Gasteiger charge is -2.12. The molecule has 6 heteroatoms. The van der Waals surface area contributed by atoms with Crippen LogP contribution in [0.3, 0.4) is 0 Å². The number of nitro groups is 1. The molecule has 0 saturated carbocycles. The third kappa shape index (κ3) is 2.22. The Labute approximate surface area is 92.0 Å². The van der Waals surface area contributed by atoms with Gasteiger partial charge < -0.3 is 15.2 Å². The van der Waals surface area contributed by atoms with Crippen LogP contribution in [0.4, 0.5) is 5.69 Å². The second-order valence-electron chi connectivity index (χ2n) is 3.64. The summed E-state index contributed by atoms with van der Waals surface area (Å²) in [6, 6.07) is 4.05. The van der Waals surface area contributed by atoms with E-state index in [2.05, 4.69) is 5.32 Å². The number of hydrogen-bond acceptors (Lipinski definition) is 5. The second kappa shape index (κ2) is 4.36. The van der Waals surface area contributed by atoms with Crippen molar-refractivity contribution in [3.05, 3.63) is 28.3 Å². The number of benzene rings is 1. The minimum Gasteiger partial charge on any atom is -0.502 e. The van der Waals surface area contributed by atoms with Crippen LogP contribution in [0.2, 0.25) is 0 Å². The number of ether oxygens (including phenoxy) is 1. The summed E-state index contributed by atoms with van der Waals surface area (Å²) in [4.78, 5) is 9.96. The first-order valence-corrected chi connectivity index (χ1v) is 5.01. The molecule has 1 aliphatic heterocycles. The van der Waals surface area contributed by atoms with Crippen molar-refractivity contribution in [2.45, 2.75) is 12.5 Å². The smallest absolute Gasteiger partial charge is 0.314 e. The van der Waals surface area contributed by atoms with Gasteiger partial charge in [0, 0.05) is 6.54 Å². The van der Waals surface area contributed by atoms with Crippen LogP contribution in [0.15, 0.2) is 18.2 Å². The predicted octanol–water partition coefficient (Wildman–Crippen LogP) is 1.04. The molecule has 0 bridgehead atoms. The molecule has 0 aromatic heterocycles. The Hall–Kier alpha value is -1.82. The number of rotatable bonds is 3. The molecule has 2 rings (SSSR count). The summed E-state index contributed by atoms with van der Waals surface area (Å²) < 4.78 is 5.54. The molecule has 1 atom stereocenters. The SMILES string of the molecule is O=[N+]([O-])c1cc(OC2CCNC2)ccc1O. The van der Waals surface area contributed by atoms with Crippen molar-refractivity contribution in [3.8, 4) is 11.5 Å². The van der Waals surface area contributed by atoms with Gasteiger partial charge >= 0.3 is 5.69 Å². The van der Waals surface area contributed by atoms with Crippen LogP contribution in [0.5, 0.6) is 11.5 Å². The van der Waals surface area contributed by atoms with Crippen LogP contribution < -0.4 is 10.1 Å². The van der Waals surface area contributed by atoms with Crippen molar-refractivity contribution in [2.24, 2.45) is 0 Å². The molecule has 1 saturated heterocycles. The molecule has 0 spiro atoms. The lowest BCUT2D eigenvalue weighted by atomic mass is 10.2. The number of aromatic hydroxyl groups is 1. The molecule has 1 aliphatic rings. The Bertz CT molecular complexity index is 402. The maximum Gasteiger partial charge on any atom is 0.314 e. The zero-order chi connectivity index (χ0) is 11.5. The number of nitro benzene ring substituents is 1. The normalized spacial score (nSPS) is 19.6. The topological polar surface area (TPSA) is 84.6 Å². The number of nitrogens with one attached hydrogen (secondary N) is 1. The summed E-state index contributed by atoms with van der Waals surface area (Å²) in [5.74, 6) is 0.0695. The largest absolute Gasteiger partial charge is 0.502 e. The van der Waals surface area contributed by atoms with Crippen LogP contribution in [0, 0.1) is 10.1 Å². The van der Waals surface area contributed by atoms with Crippen LogP contribution in [0.25, 0.3) is 0 Å². The Morgan fingerprint density at radius 2 is 2.38 bits per heavy atom. The molecule has 0 radical (unpaired) electrons. The summed E-state index contributed by atoms with van der Waals surface area (Å²) in [7, 11) is 0. The lowest BCUT2D eigenvalue weighted by Crippen LogP contribution is -2.19. The van der Waals surface area contributed by atoms with Gasteiger partial charge in [-0.15, -0.1) is 0 Å². The molecule has 1 unspecified atom stereocenters. The van der Waals surface area contributed by atoms with Gasteiger partial charge in [-0.1, -0.05) is 0 Å². The molecule has 86 valence electrons. The van der Waals surface area contributed by atoms with E-state index in [1.807, 2.05) is 0 Å². The van der Waals surface area contributed by atoms with Gasteiger partial charge in [0.25, 0.3) is 0 Å². The van der Waals surface area contributed by atoms with Gasteiger partial charge in [0.1, 0.15) is 11.9 Å². The molecule has 2 N–H and O–H groups in total. The Morgan fingerprint density at radius 3 is 3.00 bits per heavy atom. The molecular formula is C10H12N2O4. The van der Waals surface area contributed by atoms with Crippen molar-refractivity contribution in [1.82, 2.24) is 5.32 Å². The Balaban J connectivity index is 2.15. The van der Waals surface area contributed by atoms with E-state index in [0.717, 1.165) is 19.5 Å². The van der Waals surface area contributed by atoms with E-state index in [4.69, 9.17) is 4.74 Å².